The largest absolute Gasteiger partial charge is 0.497 e. The summed E-state index contributed by atoms with van der Waals surface area (Å²) in [5, 5.41) is 9.69. The maximum atomic E-state index is 15.2. The van der Waals surface area contributed by atoms with Gasteiger partial charge < -0.3 is 19.5 Å². The summed E-state index contributed by atoms with van der Waals surface area (Å²) >= 11 is 0. The summed E-state index contributed by atoms with van der Waals surface area (Å²) in [6.45, 7) is 8.51. The minimum Gasteiger partial charge on any atom is -0.497 e. The lowest BCUT2D eigenvalue weighted by molar-refractivity contribution is -0.136. The number of aryl methyl sites for hydroxylation is 3. The fraction of sp³-hybridized carbons (Fsp3) is 0.355. The molecule has 0 unspecified atom stereocenters. The van der Waals surface area contributed by atoms with Crippen molar-refractivity contribution in [2.45, 2.75) is 53.4 Å². The van der Waals surface area contributed by atoms with Crippen LogP contribution in [0.4, 0.5) is 10.1 Å². The monoisotopic (exact) mass is 519 g/mol. The average molecular weight is 520 g/mol. The molecular formula is C31H34FNO5. The minimum atomic E-state index is -0.966. The van der Waals surface area contributed by atoms with Crippen LogP contribution in [-0.4, -0.2) is 37.2 Å². The van der Waals surface area contributed by atoms with Crippen LogP contribution in [0, 0.1) is 26.6 Å². The van der Waals surface area contributed by atoms with E-state index in [1.165, 1.54) is 6.07 Å². The fourth-order valence-electron chi connectivity index (χ4n) is 5.15. The van der Waals surface area contributed by atoms with E-state index in [1.54, 1.807) is 30.2 Å². The van der Waals surface area contributed by atoms with Crippen LogP contribution in [-0.2, 0) is 17.6 Å². The Morgan fingerprint density at radius 3 is 2.47 bits per heavy atom. The standard InChI is InChI=1S/C31H34FNO5/c1-6-7-12-38-28-15-20(4)24(16-26(28)32)30-23-10-11-33(27(23)14-19(3)25(30)17-29(34)35)31(36)22-9-8-21(37-5)13-18(22)2/h8-9,13-16H,6-7,10-12,17H2,1-5H3,(H,34,35). The minimum absolute atomic E-state index is 0.136. The van der Waals surface area contributed by atoms with E-state index in [0.29, 0.717) is 47.6 Å². The third-order valence-corrected chi connectivity index (χ3v) is 7.16. The van der Waals surface area contributed by atoms with Gasteiger partial charge in [0.15, 0.2) is 11.6 Å². The number of anilines is 1. The Morgan fingerprint density at radius 2 is 1.82 bits per heavy atom. The van der Waals surface area contributed by atoms with Crippen molar-refractivity contribution in [3.8, 4) is 22.6 Å². The number of methoxy groups -OCH3 is 1. The third-order valence-electron chi connectivity index (χ3n) is 7.16. The van der Waals surface area contributed by atoms with Crippen LogP contribution in [0.25, 0.3) is 11.1 Å². The number of carboxylic acid groups (broad SMARTS) is 1. The van der Waals surface area contributed by atoms with E-state index in [9.17, 15) is 14.7 Å². The Morgan fingerprint density at radius 1 is 1.05 bits per heavy atom. The van der Waals surface area contributed by atoms with Gasteiger partial charge in [-0.15, -0.1) is 0 Å². The normalized spacial score (nSPS) is 12.4. The number of rotatable bonds is 9. The van der Waals surface area contributed by atoms with Gasteiger partial charge in [0.2, 0.25) is 0 Å². The Bertz CT molecular complexity index is 1400. The van der Waals surface area contributed by atoms with Crippen molar-refractivity contribution in [1.29, 1.82) is 0 Å². The maximum absolute atomic E-state index is 15.2. The summed E-state index contributed by atoms with van der Waals surface area (Å²) < 4.78 is 26.1. The van der Waals surface area contributed by atoms with Gasteiger partial charge in [-0.2, -0.15) is 0 Å². The molecule has 0 aliphatic carbocycles. The van der Waals surface area contributed by atoms with Gasteiger partial charge >= 0.3 is 5.97 Å². The number of carbonyl (C=O) groups is 2. The second kappa shape index (κ2) is 11.3. The molecule has 0 aromatic heterocycles. The first kappa shape index (κ1) is 27.2. The van der Waals surface area contributed by atoms with Crippen molar-refractivity contribution >= 4 is 17.6 Å². The van der Waals surface area contributed by atoms with Gasteiger partial charge in [-0.25, -0.2) is 4.39 Å². The highest BCUT2D eigenvalue weighted by Crippen LogP contribution is 2.43. The Balaban J connectivity index is 1.84. The molecule has 6 nitrogen and oxygen atoms in total. The first-order chi connectivity index (χ1) is 18.2. The lowest BCUT2D eigenvalue weighted by Gasteiger charge is -2.23. The SMILES string of the molecule is CCCCOc1cc(C)c(-c2c(CC(=O)O)c(C)cc3c2CCN3C(=O)c2ccc(OC)cc2C)cc1F. The average Bonchev–Trinajstić information content (AvgIpc) is 3.29. The van der Waals surface area contributed by atoms with Crippen LogP contribution in [0.15, 0.2) is 36.4 Å². The number of carbonyl (C=O) groups excluding carboxylic acids is 1. The van der Waals surface area contributed by atoms with E-state index in [4.69, 9.17) is 9.47 Å². The van der Waals surface area contributed by atoms with Gasteiger partial charge in [-0.3, -0.25) is 9.59 Å². The lowest BCUT2D eigenvalue weighted by atomic mass is 9.86. The van der Waals surface area contributed by atoms with E-state index >= 15 is 4.39 Å². The summed E-state index contributed by atoms with van der Waals surface area (Å²) in [5.41, 5.74) is 6.44. The Labute approximate surface area is 223 Å². The lowest BCUT2D eigenvalue weighted by Crippen LogP contribution is -2.29. The molecule has 1 heterocycles. The molecule has 1 aliphatic heterocycles. The van der Waals surface area contributed by atoms with Crippen LogP contribution >= 0.6 is 0 Å². The quantitative estimate of drug-likeness (QED) is 0.330. The molecule has 0 saturated carbocycles. The van der Waals surface area contributed by atoms with E-state index in [1.807, 2.05) is 39.8 Å². The number of fused-ring (bicyclic) bond motifs is 1. The molecule has 0 radical (unpaired) electrons. The molecule has 3 aromatic carbocycles. The first-order valence-corrected chi connectivity index (χ1v) is 12.9. The second-order valence-electron chi connectivity index (χ2n) is 9.80. The van der Waals surface area contributed by atoms with Crippen molar-refractivity contribution in [3.05, 3.63) is 75.6 Å². The molecule has 0 spiro atoms. The van der Waals surface area contributed by atoms with Crippen molar-refractivity contribution in [3.63, 3.8) is 0 Å². The number of aliphatic carboxylic acids is 1. The van der Waals surface area contributed by atoms with Crippen molar-refractivity contribution in [1.82, 2.24) is 0 Å². The topological polar surface area (TPSA) is 76.1 Å². The van der Waals surface area contributed by atoms with E-state index in [-0.39, 0.29) is 18.1 Å². The van der Waals surface area contributed by atoms with Gasteiger partial charge in [0, 0.05) is 17.8 Å². The highest BCUT2D eigenvalue weighted by molar-refractivity contribution is 6.09. The number of unbranched alkanes of at least 4 members (excludes halogenated alkanes) is 1. The summed E-state index contributed by atoms with van der Waals surface area (Å²) in [7, 11) is 1.58. The second-order valence-corrected chi connectivity index (χ2v) is 9.80. The zero-order valence-corrected chi connectivity index (χ0v) is 22.6. The predicted octanol–water partition coefficient (Wildman–Crippen LogP) is 6.44. The van der Waals surface area contributed by atoms with Gasteiger partial charge in [0.05, 0.1) is 20.1 Å². The molecule has 200 valence electrons. The van der Waals surface area contributed by atoms with Gasteiger partial charge in [0.25, 0.3) is 5.91 Å². The number of hydrogen-bond donors (Lipinski definition) is 1. The molecule has 0 fully saturated rings. The highest BCUT2D eigenvalue weighted by atomic mass is 19.1. The Kier molecular flexibility index (Phi) is 8.05. The number of amides is 1. The Hall–Kier alpha value is -3.87. The van der Waals surface area contributed by atoms with Crippen LogP contribution in [0.3, 0.4) is 0 Å². The molecule has 4 rings (SSSR count). The molecule has 1 aliphatic rings. The van der Waals surface area contributed by atoms with Crippen LogP contribution in [0.1, 0.15) is 57.9 Å². The van der Waals surface area contributed by atoms with Crippen LogP contribution < -0.4 is 14.4 Å². The fourth-order valence-corrected chi connectivity index (χ4v) is 5.15. The smallest absolute Gasteiger partial charge is 0.307 e. The number of carboxylic acids is 1. The van der Waals surface area contributed by atoms with Crippen molar-refractivity contribution in [2.75, 3.05) is 25.2 Å². The zero-order chi connectivity index (χ0) is 27.6. The molecule has 0 atom stereocenters. The van der Waals surface area contributed by atoms with Gasteiger partial charge in [-0.05, 0) is 109 Å². The van der Waals surface area contributed by atoms with Gasteiger partial charge in [0.1, 0.15) is 5.75 Å². The first-order valence-electron chi connectivity index (χ1n) is 12.9. The summed E-state index contributed by atoms with van der Waals surface area (Å²) in [6, 6.07) is 10.4. The van der Waals surface area contributed by atoms with Gasteiger partial charge in [-0.1, -0.05) is 13.3 Å². The molecule has 0 bridgehead atoms. The summed E-state index contributed by atoms with van der Waals surface area (Å²) in [5.74, 6) is -0.722. The van der Waals surface area contributed by atoms with Crippen LogP contribution in [0.5, 0.6) is 11.5 Å². The summed E-state index contributed by atoms with van der Waals surface area (Å²) in [6.07, 6.45) is 2.11. The number of hydrogen-bond acceptors (Lipinski definition) is 4. The number of benzene rings is 3. The third kappa shape index (κ3) is 5.23. The molecule has 0 saturated heterocycles. The maximum Gasteiger partial charge on any atom is 0.307 e. The molecule has 7 heteroatoms. The molecule has 1 N–H and O–H groups in total. The van der Waals surface area contributed by atoms with Crippen LogP contribution in [0.2, 0.25) is 0 Å². The molecular weight excluding hydrogens is 485 g/mol. The number of ether oxygens (including phenoxy) is 2. The van der Waals surface area contributed by atoms with E-state index < -0.39 is 11.8 Å². The molecule has 38 heavy (non-hydrogen) atoms. The predicted molar refractivity (Wildman–Crippen MR) is 146 cm³/mol. The van der Waals surface area contributed by atoms with E-state index in [0.717, 1.165) is 40.8 Å². The molecule has 3 aromatic rings. The molecule has 1 amide bonds. The zero-order valence-electron chi connectivity index (χ0n) is 22.6. The highest BCUT2D eigenvalue weighted by Gasteiger charge is 2.32. The number of halogens is 1. The number of nitrogens with zero attached hydrogens (tertiary/aromatic N) is 1. The summed E-state index contributed by atoms with van der Waals surface area (Å²) in [4.78, 5) is 27.2. The van der Waals surface area contributed by atoms with Crippen molar-refractivity contribution in [2.24, 2.45) is 0 Å². The van der Waals surface area contributed by atoms with Crippen molar-refractivity contribution < 1.29 is 28.6 Å². The van der Waals surface area contributed by atoms with E-state index in [2.05, 4.69) is 0 Å².